The van der Waals surface area contributed by atoms with Crippen LogP contribution in [-0.4, -0.2) is 25.7 Å². The lowest BCUT2D eigenvalue weighted by Gasteiger charge is -1.95. The van der Waals surface area contributed by atoms with Gasteiger partial charge in [0, 0.05) is 17.6 Å². The Balaban J connectivity index is 2.66. The maximum Gasteiger partial charge on any atom is 0.417 e. The number of aromatic nitrogens is 2. The van der Waals surface area contributed by atoms with Crippen LogP contribution < -0.4 is 0 Å². The van der Waals surface area contributed by atoms with Crippen molar-refractivity contribution in [3.63, 3.8) is 0 Å². The van der Waals surface area contributed by atoms with Crippen molar-refractivity contribution in [3.8, 4) is 0 Å². The molecule has 2 aromatic rings. The molecule has 0 aromatic carbocycles. The zero-order valence-electron chi connectivity index (χ0n) is 7.32. The van der Waals surface area contributed by atoms with Gasteiger partial charge in [0.2, 0.25) is 0 Å². The molecule has 0 saturated heterocycles. The third kappa shape index (κ3) is 1.39. The first-order valence-electron chi connectivity index (χ1n) is 3.94. The van der Waals surface area contributed by atoms with Crippen molar-refractivity contribution in [1.29, 1.82) is 0 Å². The van der Waals surface area contributed by atoms with Gasteiger partial charge in [-0.25, -0.2) is 14.3 Å². The number of nitrogens with zero attached hydrogens (tertiary/aromatic N) is 3. The smallest absolute Gasteiger partial charge is 0.417 e. The van der Waals surface area contributed by atoms with Gasteiger partial charge in [-0.15, -0.1) is 0 Å². The highest BCUT2D eigenvalue weighted by Crippen LogP contribution is 2.18. The molecule has 76 valence electrons. The van der Waals surface area contributed by atoms with E-state index in [2.05, 4.69) is 4.98 Å². The summed E-state index contributed by atoms with van der Waals surface area (Å²) in [7, 11) is 0. The molecule has 0 spiro atoms. The molecule has 0 saturated carbocycles. The first-order chi connectivity index (χ1) is 7.09. The normalized spacial score (nSPS) is 10.4. The van der Waals surface area contributed by atoms with Gasteiger partial charge in [0.15, 0.2) is 0 Å². The largest absolute Gasteiger partial charge is 0.464 e. The molecule has 1 N–H and O–H groups in total. The summed E-state index contributed by atoms with van der Waals surface area (Å²) in [5.41, 5.74) is 0.0266. The van der Waals surface area contributed by atoms with E-state index >= 15 is 0 Å². The van der Waals surface area contributed by atoms with E-state index in [-0.39, 0.29) is 11.3 Å². The maximum absolute atomic E-state index is 10.7. The Morgan fingerprint density at radius 2 is 2.33 bits per heavy atom. The van der Waals surface area contributed by atoms with Gasteiger partial charge in [-0.2, -0.15) is 0 Å². The van der Waals surface area contributed by atoms with E-state index in [0.717, 1.165) is 10.8 Å². The highest BCUT2D eigenvalue weighted by atomic mass is 16.6. The van der Waals surface area contributed by atoms with Crippen molar-refractivity contribution < 1.29 is 14.8 Å². The number of rotatable bonds is 1. The summed E-state index contributed by atoms with van der Waals surface area (Å²) in [6, 6.07) is 2.74. The average Bonchev–Trinajstić information content (AvgIpc) is 2.59. The van der Waals surface area contributed by atoms with E-state index < -0.39 is 11.0 Å². The summed E-state index contributed by atoms with van der Waals surface area (Å²) in [5.74, 6) is 0. The second-order valence-electron chi connectivity index (χ2n) is 2.83. The van der Waals surface area contributed by atoms with E-state index in [0.29, 0.717) is 5.39 Å². The zero-order chi connectivity index (χ0) is 11.0. The summed E-state index contributed by atoms with van der Waals surface area (Å²) >= 11 is 0. The fourth-order valence-corrected chi connectivity index (χ4v) is 1.27. The molecule has 0 aliphatic rings. The van der Waals surface area contributed by atoms with Crippen LogP contribution in [0.3, 0.4) is 0 Å². The van der Waals surface area contributed by atoms with Gasteiger partial charge < -0.3 is 5.11 Å². The first kappa shape index (κ1) is 9.13. The molecule has 0 unspecified atom stereocenters. The van der Waals surface area contributed by atoms with Crippen molar-refractivity contribution in [2.45, 2.75) is 0 Å². The number of pyridine rings is 1. The molecule has 15 heavy (non-hydrogen) atoms. The Hall–Kier alpha value is -2.44. The molecule has 7 heteroatoms. The van der Waals surface area contributed by atoms with Crippen molar-refractivity contribution in [3.05, 3.63) is 34.6 Å². The number of hydrogen-bond donors (Lipinski definition) is 1. The molecule has 0 amide bonds. The Kier molecular flexibility index (Phi) is 1.86. The molecule has 7 nitrogen and oxygen atoms in total. The van der Waals surface area contributed by atoms with Crippen LogP contribution in [-0.2, 0) is 0 Å². The monoisotopic (exact) mass is 207 g/mol. The Labute approximate surface area is 82.7 Å². The average molecular weight is 207 g/mol. The number of carboxylic acid groups (broad SMARTS) is 1. The number of carbonyl (C=O) groups is 1. The Morgan fingerprint density at radius 1 is 1.60 bits per heavy atom. The van der Waals surface area contributed by atoms with Gasteiger partial charge in [0.1, 0.15) is 11.8 Å². The van der Waals surface area contributed by atoms with Crippen LogP contribution in [0.15, 0.2) is 24.5 Å². The predicted molar refractivity (Wildman–Crippen MR) is 49.8 cm³/mol. The fraction of sp³-hybridized carbons (Fsp3) is 0. The van der Waals surface area contributed by atoms with Gasteiger partial charge in [0.05, 0.1) is 4.92 Å². The molecule has 2 heterocycles. The van der Waals surface area contributed by atoms with E-state index in [4.69, 9.17) is 5.11 Å². The zero-order valence-corrected chi connectivity index (χ0v) is 7.32. The van der Waals surface area contributed by atoms with Crippen molar-refractivity contribution in [2.24, 2.45) is 0 Å². The molecule has 2 rings (SSSR count). The van der Waals surface area contributed by atoms with Crippen LogP contribution in [0.25, 0.3) is 11.0 Å². The van der Waals surface area contributed by atoms with E-state index in [9.17, 15) is 14.9 Å². The lowest BCUT2D eigenvalue weighted by Crippen LogP contribution is -2.06. The van der Waals surface area contributed by atoms with Crippen LogP contribution >= 0.6 is 0 Å². The lowest BCUT2D eigenvalue weighted by molar-refractivity contribution is -0.385. The molecular weight excluding hydrogens is 202 g/mol. The van der Waals surface area contributed by atoms with Gasteiger partial charge in [0.25, 0.3) is 5.69 Å². The Morgan fingerprint density at radius 3 is 2.93 bits per heavy atom. The van der Waals surface area contributed by atoms with Crippen LogP contribution in [0.5, 0.6) is 0 Å². The van der Waals surface area contributed by atoms with Gasteiger partial charge >= 0.3 is 6.09 Å². The minimum absolute atomic E-state index is 0.161. The maximum atomic E-state index is 10.7. The highest BCUT2D eigenvalue weighted by Gasteiger charge is 2.12. The van der Waals surface area contributed by atoms with Crippen LogP contribution in [0.2, 0.25) is 0 Å². The van der Waals surface area contributed by atoms with Gasteiger partial charge in [-0.1, -0.05) is 0 Å². The quantitative estimate of drug-likeness (QED) is 0.563. The third-order valence-electron chi connectivity index (χ3n) is 1.93. The van der Waals surface area contributed by atoms with Crippen LogP contribution in [0.1, 0.15) is 0 Å². The van der Waals surface area contributed by atoms with E-state index in [1.165, 1.54) is 18.3 Å². The number of nitro groups is 1. The molecule has 0 radical (unpaired) electrons. The molecule has 0 aliphatic heterocycles. The van der Waals surface area contributed by atoms with Crippen molar-refractivity contribution >= 4 is 22.8 Å². The van der Waals surface area contributed by atoms with E-state index in [1.54, 1.807) is 0 Å². The predicted octanol–water partition coefficient (Wildman–Crippen LogP) is 1.47. The van der Waals surface area contributed by atoms with Crippen molar-refractivity contribution in [2.75, 3.05) is 0 Å². The molecule has 0 aliphatic carbocycles. The topological polar surface area (TPSA) is 98.3 Å². The van der Waals surface area contributed by atoms with Crippen LogP contribution in [0.4, 0.5) is 10.5 Å². The standard InChI is InChI=1S/C8H5N3O4/c12-8(13)10-2-1-5-3-6(11(14)15)4-9-7(5)10/h1-4H,(H,12,13). The Bertz CT molecular complexity index is 560. The summed E-state index contributed by atoms with van der Waals surface area (Å²) in [6.45, 7) is 0. The van der Waals surface area contributed by atoms with Gasteiger partial charge in [-0.05, 0) is 6.07 Å². The SMILES string of the molecule is O=C(O)n1ccc2cc([N+](=O)[O-])cnc21. The second-order valence-corrected chi connectivity index (χ2v) is 2.83. The highest BCUT2D eigenvalue weighted by molar-refractivity contribution is 5.86. The summed E-state index contributed by atoms with van der Waals surface area (Å²) < 4.78 is 0.902. The summed E-state index contributed by atoms with van der Waals surface area (Å²) in [4.78, 5) is 24.3. The van der Waals surface area contributed by atoms with E-state index in [1.807, 2.05) is 0 Å². The summed E-state index contributed by atoms with van der Waals surface area (Å²) in [6.07, 6.45) is 1.15. The third-order valence-corrected chi connectivity index (χ3v) is 1.93. The molecule has 0 fully saturated rings. The van der Waals surface area contributed by atoms with Crippen molar-refractivity contribution in [1.82, 2.24) is 9.55 Å². The first-order valence-corrected chi connectivity index (χ1v) is 3.94. The minimum Gasteiger partial charge on any atom is -0.464 e. The number of fused-ring (bicyclic) bond motifs is 1. The molecule has 0 atom stereocenters. The molecule has 2 aromatic heterocycles. The minimum atomic E-state index is -1.17. The number of hydrogen-bond acceptors (Lipinski definition) is 4. The fourth-order valence-electron chi connectivity index (χ4n) is 1.27. The summed E-state index contributed by atoms with van der Waals surface area (Å²) in [5, 5.41) is 19.6. The molecular formula is C8H5N3O4. The molecule has 0 bridgehead atoms. The second kappa shape index (κ2) is 3.05. The van der Waals surface area contributed by atoms with Gasteiger partial charge in [-0.3, -0.25) is 10.1 Å². The van der Waals surface area contributed by atoms with Crippen LogP contribution in [0, 0.1) is 10.1 Å². The lowest BCUT2D eigenvalue weighted by atomic mass is 10.3.